The van der Waals surface area contributed by atoms with Crippen LogP contribution in [0.25, 0.3) is 0 Å². The molecule has 0 aliphatic heterocycles. The lowest BCUT2D eigenvalue weighted by Gasteiger charge is -2.29. The van der Waals surface area contributed by atoms with E-state index in [0.717, 1.165) is 50.4 Å². The van der Waals surface area contributed by atoms with Crippen LogP contribution < -0.4 is 5.32 Å². The van der Waals surface area contributed by atoms with Crippen molar-refractivity contribution in [1.82, 2.24) is 5.32 Å². The minimum atomic E-state index is -2.08. The number of nitro benzene ring substituents is 1. The van der Waals surface area contributed by atoms with Gasteiger partial charge in [0.25, 0.3) is 11.6 Å². The number of rotatable bonds is 5. The maximum atomic E-state index is 14.2. The van der Waals surface area contributed by atoms with Crippen molar-refractivity contribution in [2.75, 3.05) is 7.11 Å². The number of hydrogen-bond acceptors (Lipinski definition) is 5. The fourth-order valence-corrected chi connectivity index (χ4v) is 2.67. The normalized spacial score (nSPS) is 12.8. The molecule has 1 unspecified atom stereocenters. The maximum absolute atomic E-state index is 14.2. The summed E-state index contributed by atoms with van der Waals surface area (Å²) in [6.07, 6.45) is 0. The van der Waals surface area contributed by atoms with Crippen LogP contribution in [0.2, 0.25) is 5.02 Å². The molecular formula is C17H13ClF2N2O5. The summed E-state index contributed by atoms with van der Waals surface area (Å²) in [5, 5.41) is 12.8. The number of carbonyl (C=O) groups is 2. The molecule has 0 saturated carbocycles. The van der Waals surface area contributed by atoms with Gasteiger partial charge in [0, 0.05) is 17.7 Å². The number of benzene rings is 2. The molecule has 142 valence electrons. The second-order valence-corrected chi connectivity index (χ2v) is 6.02. The van der Waals surface area contributed by atoms with E-state index in [2.05, 4.69) is 10.1 Å². The Balaban J connectivity index is 2.48. The number of non-ortho nitro benzene ring substituents is 1. The van der Waals surface area contributed by atoms with Gasteiger partial charge in [0.2, 0.25) is 0 Å². The zero-order valence-corrected chi connectivity index (χ0v) is 14.8. The summed E-state index contributed by atoms with van der Waals surface area (Å²) in [6, 6.07) is 5.48. The third kappa shape index (κ3) is 4.03. The summed E-state index contributed by atoms with van der Waals surface area (Å²) in [6.45, 7) is 1.13. The second kappa shape index (κ2) is 7.67. The molecule has 2 aromatic rings. The van der Waals surface area contributed by atoms with Crippen molar-refractivity contribution in [1.29, 1.82) is 0 Å². The van der Waals surface area contributed by atoms with Gasteiger partial charge in [0.15, 0.2) is 5.54 Å². The molecule has 1 atom stereocenters. The Morgan fingerprint density at radius 3 is 2.44 bits per heavy atom. The molecule has 0 heterocycles. The number of nitrogens with one attached hydrogen (secondary N) is 1. The maximum Gasteiger partial charge on any atom is 0.336 e. The summed E-state index contributed by atoms with van der Waals surface area (Å²) in [7, 11) is 1.02. The van der Waals surface area contributed by atoms with Gasteiger partial charge in [-0.1, -0.05) is 11.6 Å². The first-order valence-corrected chi connectivity index (χ1v) is 7.78. The Morgan fingerprint density at radius 1 is 1.22 bits per heavy atom. The van der Waals surface area contributed by atoms with Crippen molar-refractivity contribution in [2.45, 2.75) is 12.5 Å². The molecule has 10 heteroatoms. The van der Waals surface area contributed by atoms with Crippen molar-refractivity contribution in [3.8, 4) is 0 Å². The average molecular weight is 399 g/mol. The molecule has 0 radical (unpaired) electrons. The first-order valence-electron chi connectivity index (χ1n) is 7.40. The molecular weight excluding hydrogens is 386 g/mol. The van der Waals surface area contributed by atoms with Crippen LogP contribution in [0.1, 0.15) is 22.8 Å². The van der Waals surface area contributed by atoms with Crippen molar-refractivity contribution in [3.63, 3.8) is 0 Å². The second-order valence-electron chi connectivity index (χ2n) is 5.62. The third-order valence-corrected chi connectivity index (χ3v) is 4.15. The Morgan fingerprint density at radius 2 is 1.89 bits per heavy atom. The molecule has 27 heavy (non-hydrogen) atoms. The Hall–Kier alpha value is -3.07. The van der Waals surface area contributed by atoms with Gasteiger partial charge >= 0.3 is 5.97 Å². The molecule has 7 nitrogen and oxygen atoms in total. The number of nitrogens with zero attached hydrogens (tertiary/aromatic N) is 1. The van der Waals surface area contributed by atoms with Crippen molar-refractivity contribution in [2.24, 2.45) is 0 Å². The monoisotopic (exact) mass is 398 g/mol. The highest BCUT2D eigenvalue weighted by Crippen LogP contribution is 2.28. The largest absolute Gasteiger partial charge is 0.467 e. The van der Waals surface area contributed by atoms with Crippen LogP contribution in [0.4, 0.5) is 14.5 Å². The summed E-state index contributed by atoms with van der Waals surface area (Å²) < 4.78 is 32.4. The number of carbonyl (C=O) groups excluding carboxylic acids is 2. The first kappa shape index (κ1) is 20.2. The molecule has 0 bridgehead atoms. The zero-order chi connectivity index (χ0) is 20.4. The van der Waals surface area contributed by atoms with Crippen LogP contribution in [0, 0.1) is 21.7 Å². The van der Waals surface area contributed by atoms with Gasteiger partial charge in [0.05, 0.1) is 22.6 Å². The Bertz CT molecular complexity index is 938. The number of esters is 1. The smallest absolute Gasteiger partial charge is 0.336 e. The molecule has 0 saturated heterocycles. The van der Waals surface area contributed by atoms with Gasteiger partial charge in [-0.2, -0.15) is 0 Å². The van der Waals surface area contributed by atoms with Gasteiger partial charge in [0.1, 0.15) is 11.6 Å². The lowest BCUT2D eigenvalue weighted by Crippen LogP contribution is -2.50. The molecule has 0 aliphatic carbocycles. The van der Waals surface area contributed by atoms with Crippen molar-refractivity contribution in [3.05, 3.63) is 74.3 Å². The van der Waals surface area contributed by atoms with E-state index in [-0.39, 0.29) is 16.3 Å². The Kier molecular flexibility index (Phi) is 5.75. The molecule has 1 N–H and O–H groups in total. The van der Waals surface area contributed by atoms with Gasteiger partial charge < -0.3 is 10.1 Å². The number of halogens is 3. The molecule has 0 fully saturated rings. The summed E-state index contributed by atoms with van der Waals surface area (Å²) in [5.74, 6) is -3.77. The average Bonchev–Trinajstić information content (AvgIpc) is 2.62. The number of hydrogen-bond donors (Lipinski definition) is 1. The van der Waals surface area contributed by atoms with Gasteiger partial charge in [-0.05, 0) is 31.2 Å². The van der Waals surface area contributed by atoms with E-state index in [4.69, 9.17) is 11.6 Å². The van der Waals surface area contributed by atoms with E-state index >= 15 is 0 Å². The standard InChI is InChI=1S/C17H13ClF2N2O5/c1-17(16(24)27-2,12-7-9(19)3-6-14(12)20)21-15(23)11-5-4-10(22(25)26)8-13(11)18/h3-8H,1-2H3,(H,21,23). The van der Waals surface area contributed by atoms with Gasteiger partial charge in [-0.15, -0.1) is 0 Å². The molecule has 1 amide bonds. The van der Waals surface area contributed by atoms with Crippen LogP contribution >= 0.6 is 11.6 Å². The lowest BCUT2D eigenvalue weighted by atomic mass is 9.90. The van der Waals surface area contributed by atoms with Crippen molar-refractivity contribution >= 4 is 29.2 Å². The lowest BCUT2D eigenvalue weighted by molar-refractivity contribution is -0.384. The SMILES string of the molecule is COC(=O)C(C)(NC(=O)c1ccc([N+](=O)[O-])cc1Cl)c1cc(F)ccc1F. The topological polar surface area (TPSA) is 98.5 Å². The highest BCUT2D eigenvalue weighted by Gasteiger charge is 2.41. The number of ether oxygens (including phenoxy) is 1. The fraction of sp³-hybridized carbons (Fsp3) is 0.176. The molecule has 2 aromatic carbocycles. The van der Waals surface area contributed by atoms with Crippen LogP contribution in [0.15, 0.2) is 36.4 Å². The van der Waals surface area contributed by atoms with Crippen LogP contribution in [0.5, 0.6) is 0 Å². The van der Waals surface area contributed by atoms with E-state index in [1.54, 1.807) is 0 Å². The van der Waals surface area contributed by atoms with E-state index < -0.39 is 39.5 Å². The minimum Gasteiger partial charge on any atom is -0.467 e. The minimum absolute atomic E-state index is 0.200. The van der Waals surface area contributed by atoms with Gasteiger partial charge in [-0.3, -0.25) is 14.9 Å². The van der Waals surface area contributed by atoms with Crippen molar-refractivity contribution < 1.29 is 28.0 Å². The summed E-state index contributed by atoms with van der Waals surface area (Å²) in [4.78, 5) is 34.9. The third-order valence-electron chi connectivity index (χ3n) is 3.83. The number of amides is 1. The van der Waals surface area contributed by atoms with E-state index in [1.165, 1.54) is 0 Å². The predicted molar refractivity (Wildman–Crippen MR) is 91.3 cm³/mol. The number of methoxy groups -OCH3 is 1. The summed E-state index contributed by atoms with van der Waals surface area (Å²) >= 11 is 5.90. The van der Waals surface area contributed by atoms with Crippen LogP contribution in [-0.2, 0) is 15.1 Å². The van der Waals surface area contributed by atoms with Gasteiger partial charge in [-0.25, -0.2) is 13.6 Å². The molecule has 0 aromatic heterocycles. The predicted octanol–water partition coefficient (Wildman–Crippen LogP) is 3.34. The van der Waals surface area contributed by atoms with Crippen LogP contribution in [0.3, 0.4) is 0 Å². The quantitative estimate of drug-likeness (QED) is 0.473. The van der Waals surface area contributed by atoms with Crippen LogP contribution in [-0.4, -0.2) is 23.9 Å². The number of nitro groups is 1. The first-order chi connectivity index (χ1) is 12.6. The highest BCUT2D eigenvalue weighted by molar-refractivity contribution is 6.34. The van der Waals surface area contributed by atoms with E-state index in [9.17, 15) is 28.5 Å². The molecule has 0 aliphatic rings. The fourth-order valence-electron chi connectivity index (χ4n) is 2.41. The summed E-state index contributed by atoms with van der Waals surface area (Å²) in [5.41, 5.74) is -3.08. The zero-order valence-electron chi connectivity index (χ0n) is 14.1. The Labute approximate surface area is 157 Å². The van der Waals surface area contributed by atoms with E-state index in [0.29, 0.717) is 0 Å². The molecule has 2 rings (SSSR count). The molecule has 0 spiro atoms. The van der Waals surface area contributed by atoms with E-state index in [1.807, 2.05) is 0 Å². The highest BCUT2D eigenvalue weighted by atomic mass is 35.5.